The molecule has 338 valence electrons. The highest BCUT2D eigenvalue weighted by atomic mass is 32.2. The molecule has 0 radical (unpaired) electrons. The van der Waals surface area contributed by atoms with Gasteiger partial charge in [0.05, 0.1) is 37.4 Å². The van der Waals surface area contributed by atoms with Crippen LogP contribution in [0.15, 0.2) is 69.6 Å². The van der Waals surface area contributed by atoms with Crippen LogP contribution in [0, 0.1) is 0 Å². The van der Waals surface area contributed by atoms with Crippen molar-refractivity contribution in [2.75, 3.05) is 78.4 Å². The zero-order chi connectivity index (χ0) is 45.1. The van der Waals surface area contributed by atoms with E-state index in [1.807, 2.05) is 32.1 Å². The predicted octanol–water partition coefficient (Wildman–Crippen LogP) is 5.55. The van der Waals surface area contributed by atoms with Crippen LogP contribution in [-0.4, -0.2) is 109 Å². The van der Waals surface area contributed by atoms with E-state index in [0.29, 0.717) is 94.9 Å². The Hall–Kier alpha value is -4.71. The molecule has 1 aromatic rings. The van der Waals surface area contributed by atoms with Gasteiger partial charge in [0.25, 0.3) is 11.8 Å². The number of fused-ring (bicyclic) bond motifs is 2. The van der Waals surface area contributed by atoms with Crippen molar-refractivity contribution in [1.29, 1.82) is 0 Å². The van der Waals surface area contributed by atoms with Crippen LogP contribution in [0.5, 0.6) is 0 Å². The van der Waals surface area contributed by atoms with Crippen molar-refractivity contribution < 1.29 is 55.6 Å². The van der Waals surface area contributed by atoms with Crippen LogP contribution in [-0.2, 0) is 59.1 Å². The third-order valence-corrected chi connectivity index (χ3v) is 11.8. The molecule has 16 heteroatoms. The SMILES string of the molecule is COCCOCC[N+](CCOCCOC)=c1ccc2c(C(C)(C)C)cc(/C=C/C=C3/N(CCCCCC(=O)ON4C(=O)CCC4=O)c4ccc(S(=O)(=O)[O-])cc4C3(C)C)oc-2c1. The van der Waals surface area contributed by atoms with Crippen LogP contribution in [0.2, 0.25) is 0 Å². The summed E-state index contributed by atoms with van der Waals surface area (Å²) in [4.78, 5) is 42.9. The van der Waals surface area contributed by atoms with Crippen molar-refractivity contribution in [3.63, 3.8) is 0 Å². The van der Waals surface area contributed by atoms with Gasteiger partial charge in [-0.25, -0.2) is 17.8 Å². The van der Waals surface area contributed by atoms with Gasteiger partial charge in [0.1, 0.15) is 34.9 Å². The van der Waals surface area contributed by atoms with E-state index in [-0.39, 0.29) is 29.6 Å². The number of carbonyl (C=O) groups is 3. The Morgan fingerprint density at radius 2 is 1.55 bits per heavy atom. The fourth-order valence-corrected chi connectivity index (χ4v) is 8.11. The van der Waals surface area contributed by atoms with Crippen molar-refractivity contribution in [1.82, 2.24) is 9.64 Å². The van der Waals surface area contributed by atoms with Crippen LogP contribution < -0.4 is 14.8 Å². The summed E-state index contributed by atoms with van der Waals surface area (Å²) in [7, 11) is -1.41. The Balaban J connectivity index is 1.43. The molecule has 0 bridgehead atoms. The minimum Gasteiger partial charge on any atom is -0.744 e. The van der Waals surface area contributed by atoms with E-state index >= 15 is 0 Å². The lowest BCUT2D eigenvalue weighted by Gasteiger charge is -2.27. The van der Waals surface area contributed by atoms with Gasteiger partial charge in [0.15, 0.2) is 13.1 Å². The Kier molecular flexibility index (Phi) is 16.8. The first-order valence-electron chi connectivity index (χ1n) is 21.1. The van der Waals surface area contributed by atoms with Gasteiger partial charge in [-0.2, -0.15) is 0 Å². The normalized spacial score (nSPS) is 16.0. The van der Waals surface area contributed by atoms with Crippen molar-refractivity contribution in [3.05, 3.63) is 82.6 Å². The van der Waals surface area contributed by atoms with Crippen molar-refractivity contribution in [2.45, 2.75) is 88.9 Å². The first kappa shape index (κ1) is 48.3. The molecule has 0 atom stereocenters. The van der Waals surface area contributed by atoms with Gasteiger partial charge >= 0.3 is 5.97 Å². The second-order valence-corrected chi connectivity index (χ2v) is 18.2. The highest BCUT2D eigenvalue weighted by molar-refractivity contribution is 7.85. The van der Waals surface area contributed by atoms with Crippen LogP contribution in [0.4, 0.5) is 5.69 Å². The molecule has 3 aliphatic heterocycles. The largest absolute Gasteiger partial charge is 0.744 e. The molecule has 62 heavy (non-hydrogen) atoms. The summed E-state index contributed by atoms with van der Waals surface area (Å²) in [5.74, 6) is -0.332. The molecule has 0 spiro atoms. The highest BCUT2D eigenvalue weighted by Crippen LogP contribution is 2.48. The van der Waals surface area contributed by atoms with Crippen LogP contribution >= 0.6 is 0 Å². The second kappa shape index (κ2) is 21.6. The summed E-state index contributed by atoms with van der Waals surface area (Å²) >= 11 is 0. The summed E-state index contributed by atoms with van der Waals surface area (Å²) in [5.41, 5.74) is 3.57. The first-order valence-corrected chi connectivity index (χ1v) is 22.5. The summed E-state index contributed by atoms with van der Waals surface area (Å²) < 4.78 is 67.0. The van der Waals surface area contributed by atoms with E-state index < -0.39 is 33.3 Å². The number of unbranched alkanes of at least 4 members (excludes halogenated alkanes) is 2. The predicted molar refractivity (Wildman–Crippen MR) is 232 cm³/mol. The number of methoxy groups -OCH3 is 2. The fraction of sp³-hybridized carbons (Fsp3) is 0.522. The highest BCUT2D eigenvalue weighted by Gasteiger charge is 2.40. The molecule has 1 aliphatic carbocycles. The van der Waals surface area contributed by atoms with Gasteiger partial charge in [-0.3, -0.25) is 9.59 Å². The molecule has 15 nitrogen and oxygen atoms in total. The fourth-order valence-electron chi connectivity index (χ4n) is 7.61. The number of carbonyl (C=O) groups excluding carboxylic acids is 3. The molecular formula is C46H61N3O12S. The van der Waals surface area contributed by atoms with Crippen molar-refractivity contribution in [3.8, 4) is 11.3 Å². The number of benzene rings is 2. The Bertz CT molecular complexity index is 2240. The number of hydrogen-bond acceptors (Lipinski definition) is 13. The molecule has 1 aromatic carbocycles. The monoisotopic (exact) mass is 879 g/mol. The zero-order valence-corrected chi connectivity index (χ0v) is 37.8. The van der Waals surface area contributed by atoms with Gasteiger partial charge in [0.2, 0.25) is 5.36 Å². The molecule has 0 N–H and O–H groups in total. The number of imide groups is 1. The first-order chi connectivity index (χ1) is 29.4. The van der Waals surface area contributed by atoms with Gasteiger partial charge in [-0.15, -0.1) is 5.06 Å². The standard InChI is InChI=1S/C46H61N3O12S/c1-45(2,3)37-31-34(60-40-30-33(15-17-36(37)40)47(22-24-58-28-26-56-6)23-25-59-29-27-57-7)12-11-13-41-46(4,5)38-32-35(62(53,54)55)16-18-39(38)48(41)21-10-8-9-14-44(52)61-49-42(50)19-20-43(49)51/h11-13,15-18,30-32H,8-10,14,19-29H2,1-7H3. The molecular weight excluding hydrogens is 819 g/mol. The topological polar surface area (TPSA) is 177 Å². The summed E-state index contributed by atoms with van der Waals surface area (Å²) in [6.45, 7) is 15.3. The maximum absolute atomic E-state index is 12.4. The van der Waals surface area contributed by atoms with E-state index in [0.717, 1.165) is 33.6 Å². The van der Waals surface area contributed by atoms with Gasteiger partial charge in [-0.05, 0) is 71.9 Å². The molecule has 0 unspecified atom stereocenters. The average molecular weight is 880 g/mol. The van der Waals surface area contributed by atoms with Gasteiger partial charge in [-0.1, -0.05) is 47.1 Å². The van der Waals surface area contributed by atoms with E-state index in [2.05, 4.69) is 54.5 Å². The molecule has 0 saturated carbocycles. The third kappa shape index (κ3) is 12.5. The lowest BCUT2D eigenvalue weighted by atomic mass is 9.82. The number of allylic oxidation sites excluding steroid dienone is 3. The van der Waals surface area contributed by atoms with Crippen molar-refractivity contribution >= 4 is 39.7 Å². The molecule has 0 aromatic heterocycles. The second-order valence-electron chi connectivity index (χ2n) is 16.9. The molecule has 2 amide bonds. The van der Waals surface area contributed by atoms with Gasteiger partial charge < -0.3 is 37.7 Å². The zero-order valence-electron chi connectivity index (χ0n) is 37.0. The van der Waals surface area contributed by atoms with Crippen LogP contribution in [0.3, 0.4) is 0 Å². The maximum atomic E-state index is 12.4. The third-order valence-electron chi connectivity index (χ3n) is 10.9. The molecule has 1 fully saturated rings. The van der Waals surface area contributed by atoms with Crippen LogP contribution in [0.1, 0.15) is 90.0 Å². The lowest BCUT2D eigenvalue weighted by Crippen LogP contribution is -2.36. The number of hydrogen-bond donors (Lipinski definition) is 0. The Morgan fingerprint density at radius 1 is 0.887 bits per heavy atom. The Morgan fingerprint density at radius 3 is 2.16 bits per heavy atom. The molecule has 4 aliphatic rings. The quantitative estimate of drug-likeness (QED) is 0.0532. The number of hydroxylamine groups is 2. The minimum absolute atomic E-state index is 0.0297. The minimum atomic E-state index is -4.70. The Labute approximate surface area is 365 Å². The van der Waals surface area contributed by atoms with E-state index in [1.165, 1.54) is 12.1 Å². The summed E-state index contributed by atoms with van der Waals surface area (Å²) in [6.07, 6.45) is 7.65. The average Bonchev–Trinajstić information content (AvgIpc) is 3.64. The molecule has 1 saturated heterocycles. The number of anilines is 1. The van der Waals surface area contributed by atoms with E-state index in [1.54, 1.807) is 20.3 Å². The summed E-state index contributed by atoms with van der Waals surface area (Å²) in [6, 6.07) is 12.8. The number of nitrogens with zero attached hydrogens (tertiary/aromatic N) is 3. The molecule has 3 heterocycles. The van der Waals surface area contributed by atoms with Crippen molar-refractivity contribution in [2.24, 2.45) is 0 Å². The van der Waals surface area contributed by atoms with E-state index in [9.17, 15) is 27.4 Å². The summed E-state index contributed by atoms with van der Waals surface area (Å²) in [5, 5.41) is 1.52. The smallest absolute Gasteiger partial charge is 0.333 e. The van der Waals surface area contributed by atoms with Gasteiger partial charge in [0, 0.05) is 68.5 Å². The molecule has 5 rings (SSSR count). The number of ether oxygens (including phenoxy) is 4. The number of rotatable bonds is 22. The number of amides is 2. The maximum Gasteiger partial charge on any atom is 0.333 e. The lowest BCUT2D eigenvalue weighted by molar-refractivity contribution is -0.197. The van der Waals surface area contributed by atoms with Crippen LogP contribution in [0.25, 0.3) is 17.4 Å². The van der Waals surface area contributed by atoms with E-state index in [4.69, 9.17) is 28.2 Å².